The summed E-state index contributed by atoms with van der Waals surface area (Å²) < 4.78 is 20.4. The van der Waals surface area contributed by atoms with Gasteiger partial charge in [0.2, 0.25) is 5.56 Å². The van der Waals surface area contributed by atoms with Gasteiger partial charge in [-0.2, -0.15) is 0 Å². The van der Waals surface area contributed by atoms with Gasteiger partial charge in [0.25, 0.3) is 0 Å². The van der Waals surface area contributed by atoms with Crippen molar-refractivity contribution < 1.29 is 9.13 Å². The van der Waals surface area contributed by atoms with Crippen LogP contribution in [0.5, 0.6) is 0 Å². The van der Waals surface area contributed by atoms with Crippen LogP contribution in [0.4, 0.5) is 10.1 Å². The molecule has 0 saturated carbocycles. The minimum absolute atomic E-state index is 0.227. The van der Waals surface area contributed by atoms with Gasteiger partial charge in [-0.25, -0.2) is 9.37 Å². The molecular formula is C16H15FN4O2. The third kappa shape index (κ3) is 2.39. The van der Waals surface area contributed by atoms with E-state index in [2.05, 4.69) is 15.0 Å². The standard InChI is InChI=1S/C16H15FN4O2/c17-15-12(21-3-5-23-6-4-21)9-20-16-14(15)11(8-19-16)10-1-2-18-13(22)7-10/h1-2,7-9H,3-6H2,(H,18,22)(H,19,20). The fraction of sp³-hybridized carbons (Fsp3) is 0.250. The van der Waals surface area contributed by atoms with Crippen LogP contribution in [0.2, 0.25) is 0 Å². The number of anilines is 1. The first-order valence-corrected chi connectivity index (χ1v) is 7.41. The van der Waals surface area contributed by atoms with Crippen LogP contribution in [0.25, 0.3) is 22.2 Å². The quantitative estimate of drug-likeness (QED) is 0.757. The van der Waals surface area contributed by atoms with E-state index in [1.165, 1.54) is 6.07 Å². The van der Waals surface area contributed by atoms with Crippen molar-refractivity contribution in [3.63, 3.8) is 0 Å². The first-order chi connectivity index (χ1) is 11.2. The summed E-state index contributed by atoms with van der Waals surface area (Å²) in [5, 5.41) is 0.402. The summed E-state index contributed by atoms with van der Waals surface area (Å²) in [6.45, 7) is 2.42. The lowest BCUT2D eigenvalue weighted by Gasteiger charge is -2.28. The van der Waals surface area contributed by atoms with E-state index in [1.54, 1.807) is 24.7 Å². The summed E-state index contributed by atoms with van der Waals surface area (Å²) in [6, 6.07) is 3.19. The molecule has 0 amide bonds. The smallest absolute Gasteiger partial charge is 0.248 e. The second-order valence-electron chi connectivity index (χ2n) is 5.42. The molecule has 4 rings (SSSR count). The molecule has 0 aliphatic carbocycles. The maximum absolute atomic E-state index is 15.1. The van der Waals surface area contributed by atoms with E-state index in [4.69, 9.17) is 4.74 Å². The molecule has 0 radical (unpaired) electrons. The number of ether oxygens (including phenoxy) is 1. The topological polar surface area (TPSA) is 74.0 Å². The Morgan fingerprint density at radius 3 is 2.87 bits per heavy atom. The summed E-state index contributed by atoms with van der Waals surface area (Å²) >= 11 is 0. The third-order valence-electron chi connectivity index (χ3n) is 4.06. The van der Waals surface area contributed by atoms with Crippen molar-refractivity contribution in [2.75, 3.05) is 31.2 Å². The van der Waals surface area contributed by atoms with Gasteiger partial charge in [-0.05, 0) is 11.6 Å². The monoisotopic (exact) mass is 314 g/mol. The van der Waals surface area contributed by atoms with Crippen LogP contribution in [-0.4, -0.2) is 41.3 Å². The first kappa shape index (κ1) is 14.0. The zero-order chi connectivity index (χ0) is 15.8. The fourth-order valence-electron chi connectivity index (χ4n) is 2.91. The van der Waals surface area contributed by atoms with Gasteiger partial charge in [-0.3, -0.25) is 4.79 Å². The number of morpholine rings is 1. The van der Waals surface area contributed by atoms with Crippen LogP contribution < -0.4 is 10.5 Å². The number of nitrogens with zero attached hydrogens (tertiary/aromatic N) is 2. The summed E-state index contributed by atoms with van der Waals surface area (Å²) in [6.07, 6.45) is 4.77. The molecule has 2 N–H and O–H groups in total. The molecule has 0 bridgehead atoms. The highest BCUT2D eigenvalue weighted by atomic mass is 19.1. The number of nitrogens with one attached hydrogen (secondary N) is 2. The highest BCUT2D eigenvalue weighted by molar-refractivity contribution is 5.95. The number of aromatic amines is 2. The Labute approximate surface area is 130 Å². The number of hydrogen-bond donors (Lipinski definition) is 2. The van der Waals surface area contributed by atoms with E-state index in [-0.39, 0.29) is 11.4 Å². The number of H-pyrrole nitrogens is 2. The molecule has 6 nitrogen and oxygen atoms in total. The molecule has 0 aromatic carbocycles. The van der Waals surface area contributed by atoms with Gasteiger partial charge in [0.1, 0.15) is 5.65 Å². The molecule has 0 spiro atoms. The van der Waals surface area contributed by atoms with Crippen molar-refractivity contribution in [2.45, 2.75) is 0 Å². The lowest BCUT2D eigenvalue weighted by molar-refractivity contribution is 0.122. The fourth-order valence-corrected chi connectivity index (χ4v) is 2.91. The summed E-state index contributed by atoms with van der Waals surface area (Å²) in [5.74, 6) is -0.326. The zero-order valence-corrected chi connectivity index (χ0v) is 12.3. The molecule has 1 fully saturated rings. The number of fused-ring (bicyclic) bond motifs is 1. The summed E-state index contributed by atoms with van der Waals surface area (Å²) in [7, 11) is 0. The van der Waals surface area contributed by atoms with Gasteiger partial charge in [-0.15, -0.1) is 0 Å². The van der Waals surface area contributed by atoms with E-state index in [9.17, 15) is 4.79 Å². The normalized spacial score (nSPS) is 15.3. The van der Waals surface area contributed by atoms with Crippen molar-refractivity contribution >= 4 is 16.7 Å². The largest absolute Gasteiger partial charge is 0.378 e. The zero-order valence-electron chi connectivity index (χ0n) is 12.3. The van der Waals surface area contributed by atoms with E-state index < -0.39 is 0 Å². The molecule has 7 heteroatoms. The predicted molar refractivity (Wildman–Crippen MR) is 85.1 cm³/mol. The maximum Gasteiger partial charge on any atom is 0.248 e. The van der Waals surface area contributed by atoms with Crippen LogP contribution in [-0.2, 0) is 4.74 Å². The van der Waals surface area contributed by atoms with Gasteiger partial charge >= 0.3 is 0 Å². The minimum Gasteiger partial charge on any atom is -0.378 e. The van der Waals surface area contributed by atoms with Crippen LogP contribution >= 0.6 is 0 Å². The third-order valence-corrected chi connectivity index (χ3v) is 4.06. The first-order valence-electron chi connectivity index (χ1n) is 7.41. The van der Waals surface area contributed by atoms with Crippen molar-refractivity contribution in [1.29, 1.82) is 0 Å². The molecule has 3 aromatic heterocycles. The average Bonchev–Trinajstić information content (AvgIpc) is 3.01. The molecule has 1 aliphatic heterocycles. The average molecular weight is 314 g/mol. The van der Waals surface area contributed by atoms with Crippen molar-refractivity contribution in [2.24, 2.45) is 0 Å². The summed E-state index contributed by atoms with van der Waals surface area (Å²) in [5.41, 5.74) is 1.99. The van der Waals surface area contributed by atoms with E-state index in [0.717, 1.165) is 0 Å². The van der Waals surface area contributed by atoms with E-state index >= 15 is 4.39 Å². The van der Waals surface area contributed by atoms with Gasteiger partial charge < -0.3 is 19.6 Å². The van der Waals surface area contributed by atoms with Crippen LogP contribution in [0.1, 0.15) is 0 Å². The van der Waals surface area contributed by atoms with Crippen molar-refractivity contribution in [3.05, 3.63) is 46.9 Å². The van der Waals surface area contributed by atoms with E-state index in [0.29, 0.717) is 54.2 Å². The van der Waals surface area contributed by atoms with Gasteiger partial charge in [0, 0.05) is 37.1 Å². The molecule has 23 heavy (non-hydrogen) atoms. The SMILES string of the molecule is O=c1cc(-c2c[nH]c3ncc(N4CCOCC4)c(F)c23)cc[nH]1. The molecular weight excluding hydrogens is 299 g/mol. The predicted octanol–water partition coefficient (Wildman–Crippen LogP) is 1.89. The Morgan fingerprint density at radius 1 is 1.26 bits per heavy atom. The molecule has 3 aromatic rings. The Hall–Kier alpha value is -2.67. The molecule has 4 heterocycles. The Balaban J connectivity index is 1.88. The number of rotatable bonds is 2. The number of halogens is 1. The molecule has 1 saturated heterocycles. The van der Waals surface area contributed by atoms with Crippen molar-refractivity contribution in [3.8, 4) is 11.1 Å². The number of pyridine rings is 2. The second-order valence-corrected chi connectivity index (χ2v) is 5.42. The van der Waals surface area contributed by atoms with Crippen LogP contribution in [0.15, 0.2) is 35.5 Å². The highest BCUT2D eigenvalue weighted by Gasteiger charge is 2.20. The number of hydrogen-bond acceptors (Lipinski definition) is 4. The number of aromatic nitrogens is 3. The molecule has 0 unspecified atom stereocenters. The maximum atomic E-state index is 15.1. The lowest BCUT2D eigenvalue weighted by Crippen LogP contribution is -2.36. The molecule has 118 valence electrons. The molecule has 1 aliphatic rings. The van der Waals surface area contributed by atoms with Gasteiger partial charge in [-0.1, -0.05) is 0 Å². The van der Waals surface area contributed by atoms with Crippen LogP contribution in [0, 0.1) is 5.82 Å². The van der Waals surface area contributed by atoms with Crippen molar-refractivity contribution in [1.82, 2.24) is 15.0 Å². The highest BCUT2D eigenvalue weighted by Crippen LogP contribution is 2.33. The van der Waals surface area contributed by atoms with Crippen LogP contribution in [0.3, 0.4) is 0 Å². The van der Waals surface area contributed by atoms with Gasteiger partial charge in [0.15, 0.2) is 5.82 Å². The van der Waals surface area contributed by atoms with Gasteiger partial charge in [0.05, 0.1) is 30.5 Å². The lowest BCUT2D eigenvalue weighted by atomic mass is 10.1. The summed E-state index contributed by atoms with van der Waals surface area (Å²) in [4.78, 5) is 23.3. The Morgan fingerprint density at radius 2 is 2.09 bits per heavy atom. The minimum atomic E-state index is -0.326. The molecule has 0 atom stereocenters. The second kappa shape index (κ2) is 5.51. The van der Waals surface area contributed by atoms with E-state index in [1.807, 2.05) is 4.90 Å². The Bertz CT molecular complexity index is 912. The Kier molecular flexibility index (Phi) is 3.34.